The van der Waals surface area contributed by atoms with Crippen molar-refractivity contribution in [1.29, 1.82) is 0 Å². The first kappa shape index (κ1) is 16.7. The highest BCUT2D eigenvalue weighted by Crippen LogP contribution is 2.29. The average Bonchev–Trinajstić information content (AvgIpc) is 2.53. The van der Waals surface area contributed by atoms with Gasteiger partial charge in [-0.25, -0.2) is 13.1 Å². The zero-order valence-corrected chi connectivity index (χ0v) is 13.4. The zero-order chi connectivity index (χ0) is 16.2. The van der Waals surface area contributed by atoms with Crippen LogP contribution < -0.4 is 10.0 Å². The van der Waals surface area contributed by atoms with E-state index in [1.165, 1.54) is 38.4 Å². The van der Waals surface area contributed by atoms with Crippen LogP contribution in [0, 0.1) is 16.0 Å². The van der Waals surface area contributed by atoms with Crippen LogP contribution in [0.2, 0.25) is 0 Å². The summed E-state index contributed by atoms with van der Waals surface area (Å²) in [6.45, 7) is 0.680. The molecule has 22 heavy (non-hydrogen) atoms. The molecule has 0 spiro atoms. The number of nitro benzene ring substituents is 1. The fourth-order valence-corrected chi connectivity index (χ4v) is 3.49. The summed E-state index contributed by atoms with van der Waals surface area (Å²) in [4.78, 5) is 10.5. The molecule has 1 saturated carbocycles. The van der Waals surface area contributed by atoms with Crippen LogP contribution in [0.5, 0.6) is 0 Å². The van der Waals surface area contributed by atoms with Crippen molar-refractivity contribution in [3.05, 3.63) is 28.3 Å². The molecule has 0 unspecified atom stereocenters. The minimum absolute atomic E-state index is 0.107. The van der Waals surface area contributed by atoms with E-state index in [0.29, 0.717) is 18.2 Å². The Morgan fingerprint density at radius 2 is 1.95 bits per heavy atom. The monoisotopic (exact) mass is 327 g/mol. The van der Waals surface area contributed by atoms with Gasteiger partial charge in [-0.3, -0.25) is 10.1 Å². The third kappa shape index (κ3) is 3.95. The number of sulfonamides is 1. The molecule has 0 heterocycles. The molecule has 1 aromatic rings. The lowest BCUT2D eigenvalue weighted by Crippen LogP contribution is -2.20. The highest BCUT2D eigenvalue weighted by Gasteiger charge is 2.21. The molecular weight excluding hydrogens is 306 g/mol. The van der Waals surface area contributed by atoms with E-state index in [2.05, 4.69) is 10.0 Å². The number of nitro groups is 1. The van der Waals surface area contributed by atoms with Crippen molar-refractivity contribution >= 4 is 21.4 Å². The Labute approximate surface area is 130 Å². The Kier molecular flexibility index (Phi) is 5.36. The summed E-state index contributed by atoms with van der Waals surface area (Å²) in [5, 5.41) is 14.3. The van der Waals surface area contributed by atoms with Crippen LogP contribution in [0.4, 0.5) is 11.4 Å². The fraction of sp³-hybridized carbons (Fsp3) is 0.571. The number of nitrogens with zero attached hydrogens (tertiary/aromatic N) is 1. The van der Waals surface area contributed by atoms with Crippen molar-refractivity contribution in [3.8, 4) is 0 Å². The molecule has 0 bridgehead atoms. The molecule has 2 rings (SSSR count). The first-order valence-corrected chi connectivity index (χ1v) is 8.88. The molecule has 1 aliphatic rings. The SMILES string of the molecule is CNS(=O)(=O)c1ccc(NCC2CCCCC2)c([N+](=O)[O-])c1. The standard InChI is InChI=1S/C14H21N3O4S/c1-15-22(20,21)12-7-8-13(14(9-12)17(18)19)16-10-11-5-3-2-4-6-11/h7-9,11,15-16H,2-6,10H2,1H3. The van der Waals surface area contributed by atoms with Gasteiger partial charge in [0.1, 0.15) is 5.69 Å². The molecule has 0 aromatic heterocycles. The van der Waals surface area contributed by atoms with E-state index in [1.54, 1.807) is 0 Å². The second-order valence-corrected chi connectivity index (χ2v) is 7.42. The van der Waals surface area contributed by atoms with Crippen LogP contribution in [-0.4, -0.2) is 26.9 Å². The summed E-state index contributed by atoms with van der Waals surface area (Å²) in [6.07, 6.45) is 5.93. The van der Waals surface area contributed by atoms with E-state index in [0.717, 1.165) is 18.9 Å². The maximum absolute atomic E-state index is 11.7. The molecule has 1 aromatic carbocycles. The number of benzene rings is 1. The minimum atomic E-state index is -3.69. The summed E-state index contributed by atoms with van der Waals surface area (Å²) in [5.74, 6) is 0.522. The van der Waals surface area contributed by atoms with Gasteiger partial charge >= 0.3 is 0 Å². The van der Waals surface area contributed by atoms with Crippen molar-refractivity contribution < 1.29 is 13.3 Å². The maximum Gasteiger partial charge on any atom is 0.293 e. The predicted octanol–water partition coefficient (Wildman–Crippen LogP) is 2.50. The summed E-state index contributed by atoms with van der Waals surface area (Å²) in [6, 6.07) is 3.93. The number of hydrogen-bond acceptors (Lipinski definition) is 5. The van der Waals surface area contributed by atoms with Gasteiger partial charge in [-0.2, -0.15) is 0 Å². The lowest BCUT2D eigenvalue weighted by Gasteiger charge is -2.22. The van der Waals surface area contributed by atoms with E-state index in [1.807, 2.05) is 0 Å². The van der Waals surface area contributed by atoms with E-state index >= 15 is 0 Å². The molecule has 0 saturated heterocycles. The highest BCUT2D eigenvalue weighted by atomic mass is 32.2. The van der Waals surface area contributed by atoms with E-state index in [-0.39, 0.29) is 10.6 Å². The maximum atomic E-state index is 11.7. The van der Waals surface area contributed by atoms with Crippen molar-refractivity contribution in [3.63, 3.8) is 0 Å². The molecular formula is C14H21N3O4S. The van der Waals surface area contributed by atoms with Crippen LogP contribution in [0.25, 0.3) is 0 Å². The van der Waals surface area contributed by atoms with Gasteiger partial charge in [0.15, 0.2) is 0 Å². The van der Waals surface area contributed by atoms with E-state index in [4.69, 9.17) is 0 Å². The number of nitrogens with one attached hydrogen (secondary N) is 2. The van der Waals surface area contributed by atoms with Crippen molar-refractivity contribution in [2.24, 2.45) is 5.92 Å². The Balaban J connectivity index is 2.18. The molecule has 2 N–H and O–H groups in total. The average molecular weight is 327 g/mol. The van der Waals surface area contributed by atoms with Gasteiger partial charge < -0.3 is 5.32 Å². The van der Waals surface area contributed by atoms with Crippen LogP contribution in [0.15, 0.2) is 23.1 Å². The summed E-state index contributed by atoms with van der Waals surface area (Å²) >= 11 is 0. The molecule has 122 valence electrons. The van der Waals surface area contributed by atoms with E-state index in [9.17, 15) is 18.5 Å². The first-order chi connectivity index (χ1) is 10.4. The molecule has 0 aliphatic heterocycles. The predicted molar refractivity (Wildman–Crippen MR) is 84.4 cm³/mol. The number of hydrogen-bond donors (Lipinski definition) is 2. The largest absolute Gasteiger partial charge is 0.379 e. The molecule has 1 aliphatic carbocycles. The number of anilines is 1. The van der Waals surface area contributed by atoms with E-state index < -0.39 is 14.9 Å². The summed E-state index contributed by atoms with van der Waals surface area (Å²) < 4.78 is 25.6. The molecule has 8 heteroatoms. The van der Waals surface area contributed by atoms with Crippen molar-refractivity contribution in [2.75, 3.05) is 18.9 Å². The van der Waals surface area contributed by atoms with Gasteiger partial charge in [-0.05, 0) is 37.9 Å². The second-order valence-electron chi connectivity index (χ2n) is 5.53. The Bertz CT molecular complexity index is 639. The van der Waals surface area contributed by atoms with Crippen LogP contribution in [-0.2, 0) is 10.0 Å². The van der Waals surface area contributed by atoms with Gasteiger partial charge in [-0.15, -0.1) is 0 Å². The Morgan fingerprint density at radius 3 is 2.55 bits per heavy atom. The first-order valence-electron chi connectivity index (χ1n) is 7.40. The van der Waals surface area contributed by atoms with Crippen molar-refractivity contribution in [2.45, 2.75) is 37.0 Å². The smallest absolute Gasteiger partial charge is 0.293 e. The number of rotatable bonds is 6. The molecule has 1 fully saturated rings. The highest BCUT2D eigenvalue weighted by molar-refractivity contribution is 7.89. The summed E-state index contributed by atoms with van der Waals surface area (Å²) in [7, 11) is -2.41. The van der Waals surface area contributed by atoms with Crippen molar-refractivity contribution in [1.82, 2.24) is 4.72 Å². The molecule has 0 radical (unpaired) electrons. The lowest BCUT2D eigenvalue weighted by molar-refractivity contribution is -0.384. The van der Waals surface area contributed by atoms with Crippen LogP contribution in [0.1, 0.15) is 32.1 Å². The molecule has 7 nitrogen and oxygen atoms in total. The fourth-order valence-electron chi connectivity index (χ4n) is 2.74. The third-order valence-corrected chi connectivity index (χ3v) is 5.46. The molecule has 0 atom stereocenters. The zero-order valence-electron chi connectivity index (χ0n) is 12.5. The molecule has 0 amide bonds. The Morgan fingerprint density at radius 1 is 1.27 bits per heavy atom. The van der Waals surface area contributed by atoms with Gasteiger partial charge in [0.25, 0.3) is 5.69 Å². The van der Waals surface area contributed by atoms with Gasteiger partial charge in [0.2, 0.25) is 10.0 Å². The second kappa shape index (κ2) is 7.06. The van der Waals surface area contributed by atoms with Gasteiger partial charge in [0.05, 0.1) is 9.82 Å². The van der Waals surface area contributed by atoms with Gasteiger partial charge in [-0.1, -0.05) is 19.3 Å². The minimum Gasteiger partial charge on any atom is -0.379 e. The lowest BCUT2D eigenvalue weighted by atomic mass is 9.89. The third-order valence-electron chi connectivity index (χ3n) is 4.05. The quantitative estimate of drug-likeness (QED) is 0.617. The Hall–Kier alpha value is -1.67. The van der Waals surface area contributed by atoms with Crippen LogP contribution >= 0.6 is 0 Å². The topological polar surface area (TPSA) is 101 Å². The van der Waals surface area contributed by atoms with Gasteiger partial charge in [0, 0.05) is 12.6 Å². The normalized spacial score (nSPS) is 16.4. The van der Waals surface area contributed by atoms with Crippen LogP contribution in [0.3, 0.4) is 0 Å². The summed E-state index contributed by atoms with van der Waals surface area (Å²) in [5.41, 5.74) is 0.151.